The summed E-state index contributed by atoms with van der Waals surface area (Å²) in [6.45, 7) is 0. The van der Waals surface area contributed by atoms with Crippen molar-refractivity contribution in [3.05, 3.63) is 60.0 Å². The first-order chi connectivity index (χ1) is 11.7. The van der Waals surface area contributed by atoms with Crippen molar-refractivity contribution in [2.45, 2.75) is 9.24 Å². The Morgan fingerprint density at radius 1 is 1.17 bits per heavy atom. The fraction of sp³-hybridized carbons (Fsp3) is 0.111. The molecule has 1 heterocycles. The van der Waals surface area contributed by atoms with E-state index in [0.29, 0.717) is 5.75 Å². The first kappa shape index (κ1) is 17.1. The number of nitrogens with one attached hydrogen (secondary N) is 1. The molecule has 0 aliphatic heterocycles. The predicted molar refractivity (Wildman–Crippen MR) is 105 cm³/mol. The Hall–Kier alpha value is -1.76. The topological polar surface area (TPSA) is 42.0 Å². The van der Waals surface area contributed by atoms with Crippen molar-refractivity contribution in [2.24, 2.45) is 0 Å². The van der Waals surface area contributed by atoms with E-state index in [1.165, 1.54) is 11.8 Å². The summed E-state index contributed by atoms with van der Waals surface area (Å²) in [5.41, 5.74) is 2.88. The number of anilines is 1. The number of amides is 1. The lowest BCUT2D eigenvalue weighted by atomic mass is 10.2. The SMILES string of the molecule is CSc1cccc(NC(=O)CSc2nc(-c3ccccc3)cs2)c1. The van der Waals surface area contributed by atoms with Crippen molar-refractivity contribution in [3.8, 4) is 11.3 Å². The maximum absolute atomic E-state index is 12.1. The van der Waals surface area contributed by atoms with Crippen LogP contribution in [0.1, 0.15) is 0 Å². The summed E-state index contributed by atoms with van der Waals surface area (Å²) in [6, 6.07) is 17.9. The summed E-state index contributed by atoms with van der Waals surface area (Å²) in [7, 11) is 0. The zero-order valence-electron chi connectivity index (χ0n) is 13.1. The number of benzene rings is 2. The van der Waals surface area contributed by atoms with Crippen LogP contribution in [0.5, 0.6) is 0 Å². The Labute approximate surface area is 153 Å². The van der Waals surface area contributed by atoms with Crippen molar-refractivity contribution in [2.75, 3.05) is 17.3 Å². The molecule has 0 spiro atoms. The molecular formula is C18H16N2OS3. The van der Waals surface area contributed by atoms with E-state index in [0.717, 1.165) is 26.2 Å². The van der Waals surface area contributed by atoms with Crippen LogP contribution in [0.4, 0.5) is 5.69 Å². The predicted octanol–water partition coefficient (Wildman–Crippen LogP) is 5.26. The third-order valence-corrected chi connectivity index (χ3v) is 5.98. The normalized spacial score (nSPS) is 10.5. The molecule has 2 aromatic carbocycles. The fourth-order valence-electron chi connectivity index (χ4n) is 2.09. The number of nitrogens with zero attached hydrogens (tertiary/aromatic N) is 1. The molecule has 0 fully saturated rings. The monoisotopic (exact) mass is 372 g/mol. The minimum Gasteiger partial charge on any atom is -0.325 e. The molecule has 0 aliphatic carbocycles. The van der Waals surface area contributed by atoms with Crippen LogP contribution < -0.4 is 5.32 Å². The average molecular weight is 373 g/mol. The van der Waals surface area contributed by atoms with Gasteiger partial charge in [0.2, 0.25) is 5.91 Å². The molecule has 24 heavy (non-hydrogen) atoms. The molecule has 0 saturated carbocycles. The van der Waals surface area contributed by atoms with E-state index < -0.39 is 0 Å². The van der Waals surface area contributed by atoms with Gasteiger partial charge in [-0.15, -0.1) is 23.1 Å². The van der Waals surface area contributed by atoms with Crippen LogP contribution in [0.3, 0.4) is 0 Å². The molecule has 3 rings (SSSR count). The Balaban J connectivity index is 1.56. The highest BCUT2D eigenvalue weighted by molar-refractivity contribution is 8.01. The average Bonchev–Trinajstić information content (AvgIpc) is 3.10. The van der Waals surface area contributed by atoms with Crippen LogP contribution in [-0.2, 0) is 4.79 Å². The third kappa shape index (κ3) is 4.63. The second-order valence-corrected chi connectivity index (χ2v) is 7.89. The Bertz CT molecular complexity index is 818. The number of carbonyl (C=O) groups excluding carboxylic acids is 1. The van der Waals surface area contributed by atoms with E-state index in [4.69, 9.17) is 0 Å². The van der Waals surface area contributed by atoms with E-state index in [-0.39, 0.29) is 5.91 Å². The smallest absolute Gasteiger partial charge is 0.234 e. The highest BCUT2D eigenvalue weighted by Gasteiger charge is 2.08. The summed E-state index contributed by atoms with van der Waals surface area (Å²) in [5, 5.41) is 4.95. The summed E-state index contributed by atoms with van der Waals surface area (Å²) >= 11 is 4.69. The highest BCUT2D eigenvalue weighted by Crippen LogP contribution is 2.28. The molecule has 1 N–H and O–H groups in total. The first-order valence-corrected chi connectivity index (χ1v) is 10.4. The number of aromatic nitrogens is 1. The Kier molecular flexibility index (Phi) is 5.96. The number of thioether (sulfide) groups is 2. The van der Waals surface area contributed by atoms with E-state index >= 15 is 0 Å². The minimum absolute atomic E-state index is 0.0188. The van der Waals surface area contributed by atoms with E-state index in [1.807, 2.05) is 66.2 Å². The zero-order valence-corrected chi connectivity index (χ0v) is 15.5. The molecule has 0 atom stereocenters. The number of hydrogen-bond donors (Lipinski definition) is 1. The quantitative estimate of drug-likeness (QED) is 0.599. The third-order valence-electron chi connectivity index (χ3n) is 3.23. The van der Waals surface area contributed by atoms with E-state index in [2.05, 4.69) is 10.3 Å². The number of rotatable bonds is 6. The summed E-state index contributed by atoms with van der Waals surface area (Å²) < 4.78 is 0.905. The second kappa shape index (κ2) is 8.37. The Morgan fingerprint density at radius 3 is 2.79 bits per heavy atom. The fourth-order valence-corrected chi connectivity index (χ4v) is 4.18. The molecule has 6 heteroatoms. The van der Waals surface area contributed by atoms with Gasteiger partial charge in [0, 0.05) is 21.5 Å². The van der Waals surface area contributed by atoms with Gasteiger partial charge in [0.05, 0.1) is 11.4 Å². The van der Waals surface area contributed by atoms with Gasteiger partial charge in [0.15, 0.2) is 4.34 Å². The van der Waals surface area contributed by atoms with Gasteiger partial charge in [-0.1, -0.05) is 48.2 Å². The van der Waals surface area contributed by atoms with Gasteiger partial charge in [0.1, 0.15) is 0 Å². The van der Waals surface area contributed by atoms with Gasteiger partial charge in [-0.05, 0) is 24.5 Å². The summed E-state index contributed by atoms with van der Waals surface area (Å²) in [5.74, 6) is 0.334. The number of hydrogen-bond acceptors (Lipinski definition) is 5. The zero-order chi connectivity index (χ0) is 16.8. The number of carbonyl (C=O) groups is 1. The molecule has 3 nitrogen and oxygen atoms in total. The van der Waals surface area contributed by atoms with Gasteiger partial charge < -0.3 is 5.32 Å². The van der Waals surface area contributed by atoms with Gasteiger partial charge in [-0.2, -0.15) is 0 Å². The van der Waals surface area contributed by atoms with Crippen LogP contribution in [-0.4, -0.2) is 22.9 Å². The van der Waals surface area contributed by atoms with Gasteiger partial charge in [-0.25, -0.2) is 4.98 Å². The van der Waals surface area contributed by atoms with Gasteiger partial charge in [0.25, 0.3) is 0 Å². The molecule has 0 saturated heterocycles. The first-order valence-electron chi connectivity index (χ1n) is 7.32. The molecule has 0 radical (unpaired) electrons. The maximum atomic E-state index is 12.1. The van der Waals surface area contributed by atoms with Crippen molar-refractivity contribution in [3.63, 3.8) is 0 Å². The summed E-state index contributed by atoms with van der Waals surface area (Å²) in [6.07, 6.45) is 2.02. The summed E-state index contributed by atoms with van der Waals surface area (Å²) in [4.78, 5) is 17.8. The van der Waals surface area contributed by atoms with Crippen LogP contribution in [0, 0.1) is 0 Å². The van der Waals surface area contributed by atoms with Crippen molar-refractivity contribution >= 4 is 46.5 Å². The molecule has 122 valence electrons. The number of thiazole rings is 1. The molecule has 1 amide bonds. The Morgan fingerprint density at radius 2 is 2.00 bits per heavy atom. The lowest BCUT2D eigenvalue weighted by molar-refractivity contribution is -0.113. The van der Waals surface area contributed by atoms with Gasteiger partial charge >= 0.3 is 0 Å². The molecule has 0 aliphatic rings. The lowest BCUT2D eigenvalue weighted by Crippen LogP contribution is -2.13. The standard InChI is InChI=1S/C18H16N2OS3/c1-22-15-9-5-8-14(10-15)19-17(21)12-24-18-20-16(11-23-18)13-6-3-2-4-7-13/h2-11H,12H2,1H3,(H,19,21). The molecule has 0 unspecified atom stereocenters. The maximum Gasteiger partial charge on any atom is 0.234 e. The molecule has 1 aromatic heterocycles. The van der Waals surface area contributed by atoms with Crippen molar-refractivity contribution < 1.29 is 4.79 Å². The van der Waals surface area contributed by atoms with Crippen LogP contribution in [0.15, 0.2) is 69.2 Å². The van der Waals surface area contributed by atoms with Crippen molar-refractivity contribution in [1.29, 1.82) is 0 Å². The largest absolute Gasteiger partial charge is 0.325 e. The lowest BCUT2D eigenvalue weighted by Gasteiger charge is -2.05. The van der Waals surface area contributed by atoms with Crippen LogP contribution >= 0.6 is 34.9 Å². The molecule has 0 bridgehead atoms. The van der Waals surface area contributed by atoms with Crippen molar-refractivity contribution in [1.82, 2.24) is 4.98 Å². The minimum atomic E-state index is -0.0188. The van der Waals surface area contributed by atoms with Crippen LogP contribution in [0.2, 0.25) is 0 Å². The molecular weight excluding hydrogens is 356 g/mol. The van der Waals surface area contributed by atoms with E-state index in [1.54, 1.807) is 23.1 Å². The second-order valence-electron chi connectivity index (χ2n) is 4.93. The van der Waals surface area contributed by atoms with Crippen LogP contribution in [0.25, 0.3) is 11.3 Å². The van der Waals surface area contributed by atoms with E-state index in [9.17, 15) is 4.79 Å². The van der Waals surface area contributed by atoms with Gasteiger partial charge in [-0.3, -0.25) is 4.79 Å². The molecule has 3 aromatic rings. The highest BCUT2D eigenvalue weighted by atomic mass is 32.2.